The molecular weight excluding hydrogens is 312 g/mol. The van der Waals surface area contributed by atoms with Gasteiger partial charge in [0.25, 0.3) is 0 Å². The monoisotopic (exact) mass is 346 g/mol. The van der Waals surface area contributed by atoms with E-state index in [4.69, 9.17) is 4.74 Å². The molecule has 0 spiro atoms. The summed E-state index contributed by atoms with van der Waals surface area (Å²) in [7, 11) is 7.75. The molecule has 0 aromatic heterocycles. The molecule has 1 fully saturated rings. The van der Waals surface area contributed by atoms with Gasteiger partial charge < -0.3 is 20.3 Å². The molecule has 5 nitrogen and oxygen atoms in total. The predicted molar refractivity (Wildman–Crippen MR) is 106 cm³/mol. The lowest BCUT2D eigenvalue weighted by molar-refractivity contribution is 0.138. The van der Waals surface area contributed by atoms with Crippen molar-refractivity contribution in [3.8, 4) is 0 Å². The standard InChI is InChI=1S/C20H34N4O/c1-21-19(22-15-17-8-7-9-18(14-17)24(2)3)23-16-20(12-13-25-4)10-5-6-11-20/h7-9,14H,5-6,10-13,15-16H2,1-4H3,(H2,21,22,23). The Balaban J connectivity index is 1.87. The van der Waals surface area contributed by atoms with Crippen LogP contribution in [-0.4, -0.2) is 47.4 Å². The molecule has 0 radical (unpaired) electrons. The van der Waals surface area contributed by atoms with Crippen LogP contribution in [0.25, 0.3) is 0 Å². The molecule has 0 amide bonds. The summed E-state index contributed by atoms with van der Waals surface area (Å²) in [5.74, 6) is 0.874. The fourth-order valence-electron chi connectivity index (χ4n) is 3.58. The largest absolute Gasteiger partial charge is 0.385 e. The van der Waals surface area contributed by atoms with Gasteiger partial charge in [-0.2, -0.15) is 0 Å². The topological polar surface area (TPSA) is 48.9 Å². The van der Waals surface area contributed by atoms with Crippen LogP contribution in [0.5, 0.6) is 0 Å². The lowest BCUT2D eigenvalue weighted by atomic mass is 9.83. The van der Waals surface area contributed by atoms with E-state index in [9.17, 15) is 0 Å². The molecule has 1 aliphatic carbocycles. The van der Waals surface area contributed by atoms with Crippen LogP contribution in [0.4, 0.5) is 5.69 Å². The van der Waals surface area contributed by atoms with Crippen LogP contribution in [0.15, 0.2) is 29.3 Å². The lowest BCUT2D eigenvalue weighted by Crippen LogP contribution is -2.43. The van der Waals surface area contributed by atoms with Crippen LogP contribution in [-0.2, 0) is 11.3 Å². The van der Waals surface area contributed by atoms with Gasteiger partial charge in [0.2, 0.25) is 0 Å². The first kappa shape index (κ1) is 19.6. The van der Waals surface area contributed by atoms with Gasteiger partial charge in [-0.05, 0) is 42.4 Å². The van der Waals surface area contributed by atoms with Gasteiger partial charge >= 0.3 is 0 Å². The first-order valence-electron chi connectivity index (χ1n) is 9.28. The third kappa shape index (κ3) is 5.92. The van der Waals surface area contributed by atoms with E-state index in [2.05, 4.69) is 58.9 Å². The van der Waals surface area contributed by atoms with E-state index >= 15 is 0 Å². The van der Waals surface area contributed by atoms with E-state index in [0.29, 0.717) is 5.41 Å². The summed E-state index contributed by atoms with van der Waals surface area (Å²) in [5.41, 5.74) is 2.83. The van der Waals surface area contributed by atoms with Gasteiger partial charge in [0.1, 0.15) is 0 Å². The quantitative estimate of drug-likeness (QED) is 0.561. The summed E-state index contributed by atoms with van der Waals surface area (Å²) in [6.45, 7) is 2.57. The average Bonchev–Trinajstić information content (AvgIpc) is 3.09. The van der Waals surface area contributed by atoms with Gasteiger partial charge in [0.05, 0.1) is 0 Å². The minimum atomic E-state index is 0.360. The fourth-order valence-corrected chi connectivity index (χ4v) is 3.58. The minimum Gasteiger partial charge on any atom is -0.385 e. The summed E-state index contributed by atoms with van der Waals surface area (Å²) in [4.78, 5) is 6.51. The summed E-state index contributed by atoms with van der Waals surface area (Å²) < 4.78 is 5.32. The van der Waals surface area contributed by atoms with Gasteiger partial charge in [0, 0.05) is 53.6 Å². The fraction of sp³-hybridized carbons (Fsp3) is 0.650. The maximum absolute atomic E-state index is 5.32. The normalized spacial score (nSPS) is 16.7. The van der Waals surface area contributed by atoms with Crippen LogP contribution in [0, 0.1) is 5.41 Å². The van der Waals surface area contributed by atoms with E-state index in [1.165, 1.54) is 36.9 Å². The zero-order valence-electron chi connectivity index (χ0n) is 16.3. The van der Waals surface area contributed by atoms with Crippen molar-refractivity contribution in [3.05, 3.63) is 29.8 Å². The van der Waals surface area contributed by atoms with Crippen molar-refractivity contribution in [2.75, 3.05) is 46.3 Å². The Hall–Kier alpha value is -1.75. The second kappa shape index (κ2) is 9.66. The Labute approximate surface area is 152 Å². The van der Waals surface area contributed by atoms with Crippen molar-refractivity contribution < 1.29 is 4.74 Å². The molecule has 0 unspecified atom stereocenters. The van der Waals surface area contributed by atoms with E-state index in [-0.39, 0.29) is 0 Å². The highest BCUT2D eigenvalue weighted by atomic mass is 16.5. The Morgan fingerprint density at radius 3 is 2.64 bits per heavy atom. The molecule has 0 saturated heterocycles. The van der Waals surface area contributed by atoms with Gasteiger partial charge in [-0.25, -0.2) is 0 Å². The Morgan fingerprint density at radius 1 is 1.24 bits per heavy atom. The highest BCUT2D eigenvalue weighted by Gasteiger charge is 2.33. The zero-order chi connectivity index (χ0) is 18.1. The number of hydrogen-bond acceptors (Lipinski definition) is 3. The van der Waals surface area contributed by atoms with Crippen molar-refractivity contribution in [1.29, 1.82) is 0 Å². The van der Waals surface area contributed by atoms with Crippen molar-refractivity contribution in [2.45, 2.75) is 38.6 Å². The van der Waals surface area contributed by atoms with E-state index < -0.39 is 0 Å². The molecule has 1 aliphatic rings. The first-order valence-corrected chi connectivity index (χ1v) is 9.28. The number of ether oxygens (including phenoxy) is 1. The van der Waals surface area contributed by atoms with Gasteiger partial charge in [0.15, 0.2) is 5.96 Å². The number of aliphatic imine (C=N–C) groups is 1. The molecular formula is C20H34N4O. The van der Waals surface area contributed by atoms with Crippen molar-refractivity contribution >= 4 is 11.6 Å². The van der Waals surface area contributed by atoms with Crippen LogP contribution >= 0.6 is 0 Å². The van der Waals surface area contributed by atoms with Crippen LogP contribution in [0.3, 0.4) is 0 Å². The van der Waals surface area contributed by atoms with Crippen molar-refractivity contribution in [2.24, 2.45) is 10.4 Å². The Bertz CT molecular complexity index is 550. The minimum absolute atomic E-state index is 0.360. The molecule has 0 bridgehead atoms. The second-order valence-electron chi connectivity index (χ2n) is 7.29. The van der Waals surface area contributed by atoms with Gasteiger partial charge in [-0.15, -0.1) is 0 Å². The summed E-state index contributed by atoms with van der Waals surface area (Å²) in [6, 6.07) is 8.57. The van der Waals surface area contributed by atoms with Crippen molar-refractivity contribution in [3.63, 3.8) is 0 Å². The van der Waals surface area contributed by atoms with E-state index in [0.717, 1.165) is 32.1 Å². The molecule has 5 heteroatoms. The predicted octanol–water partition coefficient (Wildman–Crippen LogP) is 3.01. The highest BCUT2D eigenvalue weighted by molar-refractivity contribution is 5.79. The molecule has 1 aromatic carbocycles. The average molecular weight is 347 g/mol. The maximum Gasteiger partial charge on any atom is 0.191 e. The van der Waals surface area contributed by atoms with Crippen molar-refractivity contribution in [1.82, 2.24) is 10.6 Å². The molecule has 1 saturated carbocycles. The number of guanidine groups is 1. The number of benzene rings is 1. The number of rotatable bonds is 8. The smallest absolute Gasteiger partial charge is 0.191 e. The van der Waals surface area contributed by atoms with E-state index in [1.54, 1.807) is 7.11 Å². The first-order chi connectivity index (χ1) is 12.1. The number of nitrogens with zero attached hydrogens (tertiary/aromatic N) is 2. The third-order valence-corrected chi connectivity index (χ3v) is 5.24. The SMILES string of the molecule is CN=C(NCc1cccc(N(C)C)c1)NCC1(CCOC)CCCC1. The molecule has 2 rings (SSSR count). The number of hydrogen-bond donors (Lipinski definition) is 2. The number of methoxy groups -OCH3 is 1. The van der Waals surface area contributed by atoms with Crippen LogP contribution < -0.4 is 15.5 Å². The molecule has 25 heavy (non-hydrogen) atoms. The Kier molecular flexibility index (Phi) is 7.56. The van der Waals surface area contributed by atoms with Crippen LogP contribution in [0.2, 0.25) is 0 Å². The third-order valence-electron chi connectivity index (χ3n) is 5.24. The molecule has 0 atom stereocenters. The van der Waals surface area contributed by atoms with Gasteiger partial charge in [-0.3, -0.25) is 4.99 Å². The number of nitrogens with one attached hydrogen (secondary N) is 2. The second-order valence-corrected chi connectivity index (χ2v) is 7.29. The molecule has 140 valence electrons. The van der Waals surface area contributed by atoms with E-state index in [1.807, 2.05) is 7.05 Å². The lowest BCUT2D eigenvalue weighted by Gasteiger charge is -2.30. The van der Waals surface area contributed by atoms with Gasteiger partial charge in [-0.1, -0.05) is 25.0 Å². The number of anilines is 1. The molecule has 2 N–H and O–H groups in total. The Morgan fingerprint density at radius 2 is 2.00 bits per heavy atom. The molecule has 1 aromatic rings. The molecule has 0 heterocycles. The summed E-state index contributed by atoms with van der Waals surface area (Å²) in [5, 5.41) is 6.98. The molecule has 0 aliphatic heterocycles. The summed E-state index contributed by atoms with van der Waals surface area (Å²) >= 11 is 0. The highest BCUT2D eigenvalue weighted by Crippen LogP contribution is 2.40. The van der Waals surface area contributed by atoms with Crippen LogP contribution in [0.1, 0.15) is 37.7 Å². The summed E-state index contributed by atoms with van der Waals surface area (Å²) in [6.07, 6.45) is 6.35. The maximum atomic E-state index is 5.32. The zero-order valence-corrected chi connectivity index (χ0v) is 16.3.